The number of hydrogen-bond acceptors (Lipinski definition) is 5. The van der Waals surface area contributed by atoms with E-state index in [-0.39, 0.29) is 0 Å². The lowest BCUT2D eigenvalue weighted by molar-refractivity contribution is 1.09. The van der Waals surface area contributed by atoms with Crippen LogP contribution in [0.5, 0.6) is 0 Å². The van der Waals surface area contributed by atoms with Gasteiger partial charge in [0.05, 0.1) is 0 Å². The first kappa shape index (κ1) is 72.3. The van der Waals surface area contributed by atoms with Gasteiger partial charge in [0.2, 0.25) is 0 Å². The van der Waals surface area contributed by atoms with Crippen molar-refractivity contribution in [2.75, 3.05) is 59.7 Å². The minimum Gasteiger partial charge on any atom is -0.344 e. The van der Waals surface area contributed by atoms with Crippen LogP contribution in [0.15, 0.2) is 170 Å². The third-order valence-electron chi connectivity index (χ3n) is 19.2. The topological polar surface area (TPSA) is 16.2 Å². The Balaban J connectivity index is 0.000000183. The molecule has 0 aliphatic heterocycles. The van der Waals surface area contributed by atoms with Gasteiger partial charge in [0.15, 0.2) is 0 Å². The van der Waals surface area contributed by atoms with Crippen LogP contribution in [0.25, 0.3) is 0 Å². The van der Waals surface area contributed by atoms with E-state index in [1.807, 2.05) is 12.1 Å². The minimum atomic E-state index is 1.22. The molecule has 0 atom stereocenters. The summed E-state index contributed by atoms with van der Waals surface area (Å²) in [7, 11) is 10.7. The zero-order chi connectivity index (χ0) is 68.2. The van der Waals surface area contributed by atoms with Crippen LogP contribution in [-0.4, -0.2) is 35.2 Å². The Hall–Kier alpha value is -8.80. The molecule has 0 saturated carbocycles. The van der Waals surface area contributed by atoms with E-state index in [4.69, 9.17) is 0 Å². The van der Waals surface area contributed by atoms with E-state index in [1.165, 1.54) is 179 Å². The maximum Gasteiger partial charge on any atom is 0.0473 e. The molecular formula is C87H109N5. The molecule has 10 aromatic carbocycles. The molecule has 0 fully saturated rings. The van der Waals surface area contributed by atoms with Crippen molar-refractivity contribution in [3.05, 3.63) is 292 Å². The molecule has 0 radical (unpaired) electrons. The summed E-state index contributed by atoms with van der Waals surface area (Å²) in [5.41, 5.74) is 42.7. The number of rotatable bonds is 10. The van der Waals surface area contributed by atoms with E-state index < -0.39 is 0 Å². The van der Waals surface area contributed by atoms with E-state index in [2.05, 4.69) is 370 Å². The third kappa shape index (κ3) is 17.0. The van der Waals surface area contributed by atoms with Gasteiger partial charge in [-0.25, -0.2) is 0 Å². The molecule has 92 heavy (non-hydrogen) atoms. The monoisotopic (exact) mass is 1220 g/mol. The Kier molecular flexibility index (Phi) is 25.1. The van der Waals surface area contributed by atoms with Crippen LogP contribution in [0.3, 0.4) is 0 Å². The molecule has 0 saturated heterocycles. The average molecular weight is 1220 g/mol. The molecule has 0 unspecified atom stereocenters. The first-order valence-corrected chi connectivity index (χ1v) is 32.7. The lowest BCUT2D eigenvalue weighted by Gasteiger charge is -2.28. The number of hydrogen-bond donors (Lipinski definition) is 0. The minimum absolute atomic E-state index is 1.22. The van der Waals surface area contributed by atoms with Crippen LogP contribution >= 0.6 is 0 Å². The summed E-state index contributed by atoms with van der Waals surface area (Å²) in [5.74, 6) is 0. The van der Waals surface area contributed by atoms with Gasteiger partial charge in [-0.1, -0.05) is 144 Å². The van der Waals surface area contributed by atoms with Crippen LogP contribution in [-0.2, 0) is 0 Å². The summed E-state index contributed by atoms with van der Waals surface area (Å²) in [4.78, 5) is 11.4. The SMILES string of the molecule is Cc1cc(C)c(N(C)c2ccccc2)c(C)c1.Cc1cc(C)c(N(C)c2ccccc2C)c(C)c1.Cc1ccc(N(C)c2c(C)c(C)c(C)c(C)c2C)c(C)c1.Cc1ccc(N(C)c2ccccc2)c(C)c1.Cc1ccccc1N(C)c1c(C)c(C)c(C)c(C)c1C. The van der Waals surface area contributed by atoms with Crippen molar-refractivity contribution < 1.29 is 0 Å². The van der Waals surface area contributed by atoms with Gasteiger partial charge in [0.1, 0.15) is 0 Å². The molecule has 0 aromatic heterocycles. The number of anilines is 10. The molecule has 0 bridgehead atoms. The molecule has 0 aliphatic rings. The maximum atomic E-state index is 2.35. The molecular weight excluding hydrogens is 1110 g/mol. The standard InChI is InChI=1S/C20H27N.C19H25N.C17H21N.C16H19N.C15H17N/c1-12-9-10-19(13(2)11-12)21(8)20-17(6)15(4)14(3)16(5)18(20)7;1-12-10-8-9-11-18(12)20(7)19-16(5)14(3)13(2)15(4)17(19)6;1-12-10-14(3)17(15(4)11-12)18(5)16-9-7-6-8-13(16)2;1-12-10-13(2)16(14(3)11-12)17(4)15-8-6-5-7-9-15;1-12-9-10-15(13(2)11-12)16(3)14-7-5-4-6-8-14/h9-11H,1-8H3;8-11H,1-7H3;6-11H,1-5H3;5-11H,1-4H3;4-11H,1-3H3. The second-order valence-corrected chi connectivity index (χ2v) is 26.1. The Bertz CT molecular complexity index is 4050. The smallest absolute Gasteiger partial charge is 0.0473 e. The molecule has 10 aromatic rings. The molecule has 482 valence electrons. The first-order valence-electron chi connectivity index (χ1n) is 32.7. The van der Waals surface area contributed by atoms with E-state index in [0.29, 0.717) is 0 Å². The summed E-state index contributed by atoms with van der Waals surface area (Å²) in [6.07, 6.45) is 0. The second-order valence-electron chi connectivity index (χ2n) is 26.1. The molecule has 5 heteroatoms. The van der Waals surface area contributed by atoms with Crippen molar-refractivity contribution in [2.45, 2.75) is 152 Å². The Morgan fingerprint density at radius 3 is 0.728 bits per heavy atom. The lowest BCUT2D eigenvalue weighted by Crippen LogP contribution is -2.16. The summed E-state index contributed by atoms with van der Waals surface area (Å²) in [6, 6.07) is 60.2. The Labute approximate surface area is 558 Å². The highest BCUT2D eigenvalue weighted by Gasteiger charge is 2.20. The van der Waals surface area contributed by atoms with Gasteiger partial charge in [-0.05, 0) is 301 Å². The molecule has 0 spiro atoms. The third-order valence-corrected chi connectivity index (χ3v) is 19.2. The predicted molar refractivity (Wildman–Crippen MR) is 409 cm³/mol. The van der Waals surface area contributed by atoms with Crippen LogP contribution in [0.4, 0.5) is 56.9 Å². The van der Waals surface area contributed by atoms with Gasteiger partial charge in [-0.15, -0.1) is 0 Å². The van der Waals surface area contributed by atoms with Gasteiger partial charge < -0.3 is 24.5 Å². The van der Waals surface area contributed by atoms with Crippen LogP contribution in [0, 0.1) is 152 Å². The normalized spacial score (nSPS) is 10.6. The summed E-state index contributed by atoms with van der Waals surface area (Å²) in [6.45, 7) is 48.3. The number of para-hydroxylation sites is 4. The van der Waals surface area contributed by atoms with Crippen molar-refractivity contribution in [3.63, 3.8) is 0 Å². The zero-order valence-corrected chi connectivity index (χ0v) is 61.4. The van der Waals surface area contributed by atoms with Gasteiger partial charge in [-0.2, -0.15) is 0 Å². The summed E-state index contributed by atoms with van der Waals surface area (Å²) in [5, 5.41) is 0. The second kappa shape index (κ2) is 32.0. The van der Waals surface area contributed by atoms with E-state index >= 15 is 0 Å². The summed E-state index contributed by atoms with van der Waals surface area (Å²) < 4.78 is 0. The zero-order valence-electron chi connectivity index (χ0n) is 61.4. The van der Waals surface area contributed by atoms with Gasteiger partial charge in [-0.3, -0.25) is 0 Å². The molecule has 0 N–H and O–H groups in total. The maximum absolute atomic E-state index is 2.35. The number of aryl methyl sites for hydroxylation is 12. The van der Waals surface area contributed by atoms with E-state index in [0.717, 1.165) is 0 Å². The van der Waals surface area contributed by atoms with Gasteiger partial charge in [0, 0.05) is 92.1 Å². The molecule has 10 rings (SSSR count). The highest BCUT2D eigenvalue weighted by atomic mass is 15.1. The van der Waals surface area contributed by atoms with Crippen molar-refractivity contribution in [1.29, 1.82) is 0 Å². The first-order chi connectivity index (χ1) is 43.4. The Morgan fingerprint density at radius 1 is 0.174 bits per heavy atom. The predicted octanol–water partition coefficient (Wildman–Crippen LogP) is 24.1. The van der Waals surface area contributed by atoms with Crippen LogP contribution in [0.2, 0.25) is 0 Å². The number of nitrogens with zero attached hydrogens (tertiary/aromatic N) is 5. The van der Waals surface area contributed by atoms with Gasteiger partial charge >= 0.3 is 0 Å². The molecule has 0 aliphatic carbocycles. The Morgan fingerprint density at radius 2 is 0.413 bits per heavy atom. The fraction of sp³-hybridized carbons (Fsp3) is 0.310. The molecule has 0 amide bonds. The van der Waals surface area contributed by atoms with Gasteiger partial charge in [0.25, 0.3) is 0 Å². The molecule has 0 heterocycles. The molecule has 5 nitrogen and oxygen atoms in total. The van der Waals surface area contributed by atoms with E-state index in [1.54, 1.807) is 0 Å². The van der Waals surface area contributed by atoms with E-state index in [9.17, 15) is 0 Å². The highest BCUT2D eigenvalue weighted by molar-refractivity contribution is 5.77. The largest absolute Gasteiger partial charge is 0.344 e. The quantitative estimate of drug-likeness (QED) is 0.135. The van der Waals surface area contributed by atoms with Crippen LogP contribution < -0.4 is 24.5 Å². The van der Waals surface area contributed by atoms with Crippen molar-refractivity contribution in [2.24, 2.45) is 0 Å². The van der Waals surface area contributed by atoms with Crippen molar-refractivity contribution in [1.82, 2.24) is 0 Å². The average Bonchev–Trinajstić information content (AvgIpc) is 0.816. The van der Waals surface area contributed by atoms with Crippen molar-refractivity contribution >= 4 is 56.9 Å². The highest BCUT2D eigenvalue weighted by Crippen LogP contribution is 2.40. The fourth-order valence-electron chi connectivity index (χ4n) is 13.5. The van der Waals surface area contributed by atoms with Crippen LogP contribution in [0.1, 0.15) is 122 Å². The fourth-order valence-corrected chi connectivity index (χ4v) is 13.5. The lowest BCUT2D eigenvalue weighted by atomic mass is 9.92. The number of benzene rings is 10. The summed E-state index contributed by atoms with van der Waals surface area (Å²) >= 11 is 0. The van der Waals surface area contributed by atoms with Crippen molar-refractivity contribution in [3.8, 4) is 0 Å².